The maximum absolute atomic E-state index is 12.5. The van der Waals surface area contributed by atoms with Gasteiger partial charge in [-0.3, -0.25) is 14.7 Å². The molecule has 2 heterocycles. The van der Waals surface area contributed by atoms with Crippen LogP contribution in [-0.2, 0) is 0 Å². The number of H-pyrrole nitrogens is 1. The van der Waals surface area contributed by atoms with Crippen LogP contribution < -0.4 is 5.56 Å². The van der Waals surface area contributed by atoms with Crippen molar-refractivity contribution in [3.63, 3.8) is 0 Å². The van der Waals surface area contributed by atoms with Gasteiger partial charge in [-0.05, 0) is 42.3 Å². The summed E-state index contributed by atoms with van der Waals surface area (Å²) >= 11 is 0. The maximum atomic E-state index is 12.5. The van der Waals surface area contributed by atoms with Crippen LogP contribution in [0.5, 0.6) is 0 Å². The van der Waals surface area contributed by atoms with E-state index in [1.165, 1.54) is 10.9 Å². The van der Waals surface area contributed by atoms with Crippen LogP contribution in [0.3, 0.4) is 0 Å². The molecule has 0 aliphatic heterocycles. The fourth-order valence-corrected chi connectivity index (χ4v) is 2.30. The van der Waals surface area contributed by atoms with Gasteiger partial charge in [0.05, 0.1) is 17.2 Å². The topological polar surface area (TPSA) is 91.5 Å². The molecule has 0 unspecified atom stereocenters. The second-order valence-corrected chi connectivity index (χ2v) is 5.04. The monoisotopic (exact) mass is 304 g/mol. The van der Waals surface area contributed by atoms with E-state index in [9.17, 15) is 9.59 Å². The van der Waals surface area contributed by atoms with Crippen LogP contribution >= 0.6 is 0 Å². The van der Waals surface area contributed by atoms with E-state index >= 15 is 0 Å². The second-order valence-electron chi connectivity index (χ2n) is 5.04. The zero-order valence-corrected chi connectivity index (χ0v) is 12.3. The third-order valence-electron chi connectivity index (χ3n) is 3.57. The lowest BCUT2D eigenvalue weighted by molar-refractivity contribution is 0.112. The molecule has 3 rings (SSSR count). The zero-order chi connectivity index (χ0) is 16.4. The van der Waals surface area contributed by atoms with Crippen LogP contribution in [-0.4, -0.2) is 21.1 Å². The molecule has 0 bridgehead atoms. The molecule has 2 aromatic heterocycles. The minimum absolute atomic E-state index is 0.250. The predicted molar refractivity (Wildman–Crippen MR) is 84.5 cm³/mol. The number of aryl methyl sites for hydroxylation is 1. The van der Waals surface area contributed by atoms with Gasteiger partial charge in [0.15, 0.2) is 12.1 Å². The Labute approximate surface area is 131 Å². The van der Waals surface area contributed by atoms with E-state index in [2.05, 4.69) is 16.2 Å². The maximum Gasteiger partial charge on any atom is 0.280 e. The van der Waals surface area contributed by atoms with Crippen molar-refractivity contribution in [3.05, 3.63) is 69.8 Å². The van der Waals surface area contributed by atoms with Gasteiger partial charge in [0, 0.05) is 18.0 Å². The largest absolute Gasteiger partial charge is 0.298 e. The van der Waals surface area contributed by atoms with E-state index in [0.717, 1.165) is 11.1 Å². The highest BCUT2D eigenvalue weighted by atomic mass is 16.1. The number of carbonyl (C=O) groups is 1. The normalized spacial score (nSPS) is 10.3. The molecule has 0 atom stereocenters. The first-order valence-corrected chi connectivity index (χ1v) is 6.87. The minimum Gasteiger partial charge on any atom is -0.298 e. The van der Waals surface area contributed by atoms with Gasteiger partial charge in [0.2, 0.25) is 0 Å². The van der Waals surface area contributed by atoms with Crippen molar-refractivity contribution in [3.8, 4) is 23.0 Å². The standard InChI is InChI=1S/C17H12N4O2/c1-11-6-13(3-4-14(11)7-18)15-9-20-21(17(15)23)16-5-2-12(10-22)8-19-16/h2-6,8-10,20H,1H3. The molecule has 0 spiro atoms. The lowest BCUT2D eigenvalue weighted by Crippen LogP contribution is -2.17. The van der Waals surface area contributed by atoms with Crippen LogP contribution in [0.25, 0.3) is 16.9 Å². The Balaban J connectivity index is 2.05. The Morgan fingerprint density at radius 1 is 1.30 bits per heavy atom. The summed E-state index contributed by atoms with van der Waals surface area (Å²) in [5, 5.41) is 11.8. The quantitative estimate of drug-likeness (QED) is 0.751. The summed E-state index contributed by atoms with van der Waals surface area (Å²) in [7, 11) is 0. The number of pyridine rings is 1. The molecule has 0 amide bonds. The molecule has 1 N–H and O–H groups in total. The molecular weight excluding hydrogens is 292 g/mol. The van der Waals surface area contributed by atoms with Gasteiger partial charge >= 0.3 is 0 Å². The lowest BCUT2D eigenvalue weighted by Gasteiger charge is -2.01. The Morgan fingerprint density at radius 2 is 2.13 bits per heavy atom. The Morgan fingerprint density at radius 3 is 2.74 bits per heavy atom. The Hall–Kier alpha value is -3.46. The SMILES string of the molecule is Cc1cc(-c2c[nH]n(-c3ccc(C=O)cn3)c2=O)ccc1C#N. The minimum atomic E-state index is -0.250. The summed E-state index contributed by atoms with van der Waals surface area (Å²) in [6.07, 6.45) is 3.69. The van der Waals surface area contributed by atoms with E-state index in [1.54, 1.807) is 36.5 Å². The first-order valence-electron chi connectivity index (χ1n) is 6.87. The van der Waals surface area contributed by atoms with E-state index in [-0.39, 0.29) is 5.56 Å². The number of aromatic nitrogens is 3. The Bertz CT molecular complexity index is 975. The second kappa shape index (κ2) is 5.73. The summed E-state index contributed by atoms with van der Waals surface area (Å²) in [5.41, 5.74) is 2.79. The molecule has 1 aromatic carbocycles. The van der Waals surface area contributed by atoms with Crippen LogP contribution in [0.15, 0.2) is 47.5 Å². The smallest absolute Gasteiger partial charge is 0.280 e. The van der Waals surface area contributed by atoms with Crippen LogP contribution in [0.1, 0.15) is 21.5 Å². The van der Waals surface area contributed by atoms with E-state index in [1.807, 2.05) is 6.92 Å². The molecule has 0 fully saturated rings. The van der Waals surface area contributed by atoms with Gasteiger partial charge < -0.3 is 0 Å². The van der Waals surface area contributed by atoms with Gasteiger partial charge in [-0.15, -0.1) is 0 Å². The first kappa shape index (κ1) is 14.5. The number of benzene rings is 1. The average Bonchev–Trinajstić information content (AvgIpc) is 2.96. The van der Waals surface area contributed by atoms with Crippen molar-refractivity contribution in [1.29, 1.82) is 5.26 Å². The number of hydrogen-bond acceptors (Lipinski definition) is 4. The van der Waals surface area contributed by atoms with Gasteiger partial charge in [0.1, 0.15) is 0 Å². The summed E-state index contributed by atoms with van der Waals surface area (Å²) < 4.78 is 1.30. The van der Waals surface area contributed by atoms with Gasteiger partial charge in [-0.1, -0.05) is 6.07 Å². The zero-order valence-electron chi connectivity index (χ0n) is 12.3. The number of aldehydes is 1. The van der Waals surface area contributed by atoms with Gasteiger partial charge in [-0.2, -0.15) is 5.26 Å². The van der Waals surface area contributed by atoms with Gasteiger partial charge in [-0.25, -0.2) is 9.67 Å². The summed E-state index contributed by atoms with van der Waals surface area (Å²) in [6.45, 7) is 1.83. The number of carbonyl (C=O) groups excluding carboxylic acids is 1. The van der Waals surface area contributed by atoms with Crippen LogP contribution in [0.4, 0.5) is 0 Å². The van der Waals surface area contributed by atoms with E-state index < -0.39 is 0 Å². The summed E-state index contributed by atoms with van der Waals surface area (Å²) in [5.74, 6) is 0.400. The van der Waals surface area contributed by atoms with Crippen molar-refractivity contribution < 1.29 is 4.79 Å². The first-order chi connectivity index (χ1) is 11.1. The lowest BCUT2D eigenvalue weighted by atomic mass is 10.0. The third-order valence-corrected chi connectivity index (χ3v) is 3.57. The van der Waals surface area contributed by atoms with Crippen molar-refractivity contribution in [2.45, 2.75) is 6.92 Å². The van der Waals surface area contributed by atoms with E-state index in [4.69, 9.17) is 5.26 Å². The average molecular weight is 304 g/mol. The molecule has 0 aliphatic rings. The van der Waals surface area contributed by atoms with Crippen molar-refractivity contribution in [2.24, 2.45) is 0 Å². The summed E-state index contributed by atoms with van der Waals surface area (Å²) in [4.78, 5) is 27.3. The number of hydrogen-bond donors (Lipinski definition) is 1. The predicted octanol–water partition coefficient (Wildman–Crippen LogP) is 2.22. The molecule has 0 radical (unpaired) electrons. The molecule has 6 heteroatoms. The fraction of sp³-hybridized carbons (Fsp3) is 0.0588. The molecule has 0 saturated heterocycles. The molecule has 0 saturated carbocycles. The van der Waals surface area contributed by atoms with Crippen molar-refractivity contribution in [1.82, 2.24) is 14.8 Å². The van der Waals surface area contributed by atoms with Crippen LogP contribution in [0.2, 0.25) is 0 Å². The molecule has 6 nitrogen and oxygen atoms in total. The number of nitrogens with one attached hydrogen (secondary N) is 1. The molecule has 23 heavy (non-hydrogen) atoms. The highest BCUT2D eigenvalue weighted by Crippen LogP contribution is 2.19. The highest BCUT2D eigenvalue weighted by molar-refractivity contribution is 5.74. The summed E-state index contributed by atoms with van der Waals surface area (Å²) in [6, 6.07) is 10.5. The molecule has 0 aliphatic carbocycles. The number of nitrogens with zero attached hydrogens (tertiary/aromatic N) is 3. The molecule has 3 aromatic rings. The number of nitriles is 1. The third kappa shape index (κ3) is 2.56. The van der Waals surface area contributed by atoms with Crippen molar-refractivity contribution in [2.75, 3.05) is 0 Å². The van der Waals surface area contributed by atoms with Crippen molar-refractivity contribution >= 4 is 6.29 Å². The number of aromatic amines is 1. The van der Waals surface area contributed by atoms with E-state index in [0.29, 0.717) is 28.8 Å². The Kier molecular flexibility index (Phi) is 3.61. The molecule has 112 valence electrons. The number of rotatable bonds is 3. The van der Waals surface area contributed by atoms with Gasteiger partial charge in [0.25, 0.3) is 5.56 Å². The highest BCUT2D eigenvalue weighted by Gasteiger charge is 2.11. The van der Waals surface area contributed by atoms with Crippen LogP contribution in [0, 0.1) is 18.3 Å². The molecular formula is C17H12N4O2. The fourth-order valence-electron chi connectivity index (χ4n) is 2.30.